The van der Waals surface area contributed by atoms with E-state index in [1.54, 1.807) is 16.6 Å². The van der Waals surface area contributed by atoms with Crippen molar-refractivity contribution in [1.82, 2.24) is 14.5 Å². The maximum Gasteiger partial charge on any atom is 0.261 e. The highest BCUT2D eigenvalue weighted by molar-refractivity contribution is 5.92. The summed E-state index contributed by atoms with van der Waals surface area (Å²) < 4.78 is 40.8. The maximum absolute atomic E-state index is 13.8. The molecule has 0 spiro atoms. The predicted octanol–water partition coefficient (Wildman–Crippen LogP) is 5.83. The fourth-order valence-electron chi connectivity index (χ4n) is 5.24. The van der Waals surface area contributed by atoms with E-state index in [0.29, 0.717) is 47.7 Å². The number of hydrogen-bond acceptors (Lipinski definition) is 6. The van der Waals surface area contributed by atoms with Gasteiger partial charge in [0.05, 0.1) is 19.3 Å². The van der Waals surface area contributed by atoms with Gasteiger partial charge in [0.1, 0.15) is 41.2 Å². The Bertz CT molecular complexity index is 1590. The van der Waals surface area contributed by atoms with Gasteiger partial charge < -0.3 is 15.2 Å². The molecule has 2 aromatic heterocycles. The lowest BCUT2D eigenvalue weighted by atomic mass is 10.1. The van der Waals surface area contributed by atoms with Gasteiger partial charge in [-0.15, -0.1) is 0 Å². The van der Waals surface area contributed by atoms with Gasteiger partial charge in [-0.3, -0.25) is 9.47 Å². The molecule has 39 heavy (non-hydrogen) atoms. The molecule has 1 aliphatic rings. The molecule has 202 valence electrons. The summed E-state index contributed by atoms with van der Waals surface area (Å²) in [7, 11) is 1.63. The van der Waals surface area contributed by atoms with Crippen LogP contribution >= 0.6 is 0 Å². The molecule has 0 unspecified atom stereocenters. The topological polar surface area (TPSA) is 89.3 Å². The zero-order valence-corrected chi connectivity index (χ0v) is 22.5. The minimum atomic E-state index is -2.67. The fraction of sp³-hybridized carbons (Fsp3) is 0.333. The average Bonchev–Trinajstić information content (AvgIpc) is 3.38. The number of methoxy groups -OCH3 is 1. The highest BCUT2D eigenvalue weighted by atomic mass is 19.3. The van der Waals surface area contributed by atoms with Gasteiger partial charge in [0, 0.05) is 36.2 Å². The summed E-state index contributed by atoms with van der Waals surface area (Å²) in [6, 6.07) is 15.7. The van der Waals surface area contributed by atoms with E-state index in [4.69, 9.17) is 20.2 Å². The van der Waals surface area contributed by atoms with Crippen LogP contribution in [0, 0.1) is 32.1 Å². The van der Waals surface area contributed by atoms with E-state index in [9.17, 15) is 14.0 Å². The molecule has 0 radical (unpaired) electrons. The molecule has 0 atom stereocenters. The minimum absolute atomic E-state index is 0.149. The van der Waals surface area contributed by atoms with E-state index in [-0.39, 0.29) is 18.8 Å². The van der Waals surface area contributed by atoms with Crippen molar-refractivity contribution in [3.05, 3.63) is 76.0 Å². The summed E-state index contributed by atoms with van der Waals surface area (Å²) in [6.45, 7) is 6.54. The molecule has 0 aliphatic carbocycles. The van der Waals surface area contributed by atoms with Crippen LogP contribution in [0.1, 0.15) is 39.9 Å². The lowest BCUT2D eigenvalue weighted by Crippen LogP contribution is -2.25. The van der Waals surface area contributed by atoms with Crippen molar-refractivity contribution in [3.8, 4) is 23.3 Å². The quantitative estimate of drug-likeness (QED) is 0.323. The molecule has 1 saturated heterocycles. The number of aromatic nitrogens is 2. The first-order valence-corrected chi connectivity index (χ1v) is 12.8. The number of hydrogen-bond donors (Lipinski definition) is 1. The number of pyridine rings is 1. The number of ether oxygens (including phenoxy) is 2. The number of rotatable bonds is 7. The molecule has 7 nitrogen and oxygen atoms in total. The molecule has 3 heterocycles. The molecule has 2 aromatic carbocycles. The zero-order chi connectivity index (χ0) is 27.9. The highest BCUT2D eigenvalue weighted by Gasteiger charge is 2.38. The maximum atomic E-state index is 13.8. The molecule has 5 rings (SSSR count). The smallest absolute Gasteiger partial charge is 0.261 e. The summed E-state index contributed by atoms with van der Waals surface area (Å²) in [5.41, 5.74) is 12.6. The second-order valence-corrected chi connectivity index (χ2v) is 10.1. The third-order valence-electron chi connectivity index (χ3n) is 7.39. The van der Waals surface area contributed by atoms with Gasteiger partial charge in [-0.1, -0.05) is 18.2 Å². The van der Waals surface area contributed by atoms with Crippen molar-refractivity contribution < 1.29 is 18.3 Å². The number of nitriles is 1. The predicted molar refractivity (Wildman–Crippen MR) is 147 cm³/mol. The Kier molecular flexibility index (Phi) is 6.91. The number of aryl methyl sites for hydroxylation is 2. The van der Waals surface area contributed by atoms with Crippen molar-refractivity contribution >= 4 is 16.9 Å². The Labute approximate surface area is 226 Å². The van der Waals surface area contributed by atoms with Crippen LogP contribution in [0.15, 0.2) is 42.5 Å². The van der Waals surface area contributed by atoms with E-state index in [1.807, 2.05) is 63.2 Å². The van der Waals surface area contributed by atoms with Crippen molar-refractivity contribution in [1.29, 1.82) is 5.26 Å². The molecular weight excluding hydrogens is 500 g/mol. The Morgan fingerprint density at radius 3 is 2.51 bits per heavy atom. The number of anilines is 1. The molecule has 9 heteroatoms. The monoisotopic (exact) mass is 531 g/mol. The van der Waals surface area contributed by atoms with Crippen molar-refractivity contribution in [2.24, 2.45) is 0 Å². The summed E-state index contributed by atoms with van der Waals surface area (Å²) in [6.07, 6.45) is -0.149. The molecule has 1 fully saturated rings. The van der Waals surface area contributed by atoms with Gasteiger partial charge in [-0.25, -0.2) is 13.8 Å². The van der Waals surface area contributed by atoms with Crippen molar-refractivity contribution in [2.45, 2.75) is 46.3 Å². The summed E-state index contributed by atoms with van der Waals surface area (Å²) in [5, 5.41) is 10.6. The van der Waals surface area contributed by atoms with Crippen LogP contribution in [0.4, 0.5) is 14.6 Å². The van der Waals surface area contributed by atoms with E-state index >= 15 is 0 Å². The average molecular weight is 532 g/mol. The van der Waals surface area contributed by atoms with Gasteiger partial charge >= 0.3 is 0 Å². The van der Waals surface area contributed by atoms with Crippen LogP contribution in [0.25, 0.3) is 16.7 Å². The third-order valence-corrected chi connectivity index (χ3v) is 7.39. The number of nitrogen functional groups attached to an aromatic ring is 1. The number of alkyl halides is 2. The number of halogens is 2. The van der Waals surface area contributed by atoms with Gasteiger partial charge in [0.15, 0.2) is 0 Å². The summed E-state index contributed by atoms with van der Waals surface area (Å²) in [4.78, 5) is 6.57. The van der Waals surface area contributed by atoms with Crippen molar-refractivity contribution in [3.63, 3.8) is 0 Å². The van der Waals surface area contributed by atoms with Gasteiger partial charge in [0.2, 0.25) is 0 Å². The van der Waals surface area contributed by atoms with E-state index in [1.165, 1.54) is 0 Å². The van der Waals surface area contributed by atoms with Crippen LogP contribution in [-0.4, -0.2) is 40.6 Å². The molecule has 0 saturated carbocycles. The van der Waals surface area contributed by atoms with E-state index < -0.39 is 5.92 Å². The first-order chi connectivity index (χ1) is 18.6. The van der Waals surface area contributed by atoms with Crippen LogP contribution in [0.2, 0.25) is 0 Å². The largest absolute Gasteiger partial charge is 0.497 e. The molecule has 2 N–H and O–H groups in total. The van der Waals surface area contributed by atoms with Crippen LogP contribution < -0.4 is 15.2 Å². The minimum Gasteiger partial charge on any atom is -0.497 e. The Hall–Kier alpha value is -4.16. The highest BCUT2D eigenvalue weighted by Crippen LogP contribution is 2.37. The Morgan fingerprint density at radius 1 is 1.13 bits per heavy atom. The van der Waals surface area contributed by atoms with Gasteiger partial charge in [0.25, 0.3) is 5.92 Å². The number of benzene rings is 2. The standard InChI is InChI=1S/C30H31F2N5O2/c1-18-5-10-26(39-16-21-6-8-23(38-4)9-7-21)19(2)27(18)37-28(34)25(14-33)24-13-22(20(3)35-29(24)37)15-36-12-11-30(31,32)17-36/h5-10,13H,11-12,15-17,34H2,1-4H3. The molecule has 0 amide bonds. The second kappa shape index (κ2) is 10.2. The zero-order valence-electron chi connectivity index (χ0n) is 22.5. The lowest BCUT2D eigenvalue weighted by Gasteiger charge is -2.19. The van der Waals surface area contributed by atoms with Crippen LogP contribution in [0.3, 0.4) is 0 Å². The molecule has 4 aromatic rings. The molecule has 0 bridgehead atoms. The number of likely N-dealkylation sites (tertiary alicyclic amines) is 1. The van der Waals surface area contributed by atoms with Crippen molar-refractivity contribution in [2.75, 3.05) is 25.9 Å². The Morgan fingerprint density at radius 2 is 1.87 bits per heavy atom. The van der Waals surface area contributed by atoms with Gasteiger partial charge in [-0.05, 0) is 61.7 Å². The number of fused-ring (bicyclic) bond motifs is 1. The SMILES string of the molecule is COc1ccc(COc2ccc(C)c(-n3c(N)c(C#N)c4cc(CN5CCC(F)(F)C5)c(C)nc43)c2C)cc1. The third kappa shape index (κ3) is 5.00. The molecule has 1 aliphatic heterocycles. The second-order valence-electron chi connectivity index (χ2n) is 10.1. The number of nitrogens with zero attached hydrogens (tertiary/aromatic N) is 4. The van der Waals surface area contributed by atoms with E-state index in [0.717, 1.165) is 33.7 Å². The number of nitrogens with two attached hydrogens (primary N) is 1. The van der Waals surface area contributed by atoms with Crippen LogP contribution in [0.5, 0.6) is 11.5 Å². The fourth-order valence-corrected chi connectivity index (χ4v) is 5.24. The van der Waals surface area contributed by atoms with Gasteiger partial charge in [-0.2, -0.15) is 5.26 Å². The molecular formula is C30H31F2N5O2. The normalized spacial score (nSPS) is 15.0. The first-order valence-electron chi connectivity index (χ1n) is 12.8. The lowest BCUT2D eigenvalue weighted by molar-refractivity contribution is 0.0115. The summed E-state index contributed by atoms with van der Waals surface area (Å²) in [5.74, 6) is -0.927. The summed E-state index contributed by atoms with van der Waals surface area (Å²) >= 11 is 0. The first kappa shape index (κ1) is 26.4. The van der Waals surface area contributed by atoms with E-state index in [2.05, 4.69) is 6.07 Å². The Balaban J connectivity index is 1.53. The van der Waals surface area contributed by atoms with Crippen LogP contribution in [-0.2, 0) is 13.2 Å².